The Kier molecular flexibility index (Phi) is 6.73. The lowest BCUT2D eigenvalue weighted by atomic mass is 10.0. The van der Waals surface area contributed by atoms with E-state index in [1.54, 1.807) is 0 Å². The largest absolute Gasteiger partial charge is 0.378 e. The summed E-state index contributed by atoms with van der Waals surface area (Å²) in [5, 5.41) is 12.9. The second-order valence-electron chi connectivity index (χ2n) is 9.24. The van der Waals surface area contributed by atoms with Crippen LogP contribution in [0.4, 0.5) is 15.8 Å². The minimum Gasteiger partial charge on any atom is -0.378 e. The number of ether oxygens (including phenoxy) is 1. The number of tetrazole rings is 1. The Hall–Kier alpha value is -3.04. The van der Waals surface area contributed by atoms with Gasteiger partial charge in [-0.2, -0.15) is 0 Å². The number of rotatable bonds is 7. The molecule has 0 unspecified atom stereocenters. The molecule has 3 aromatic rings. The third-order valence-corrected chi connectivity index (χ3v) is 6.80. The summed E-state index contributed by atoms with van der Waals surface area (Å²) in [6.07, 6.45) is 2.29. The Morgan fingerprint density at radius 1 is 1.03 bits per heavy atom. The minimum atomic E-state index is -0.207. The minimum absolute atomic E-state index is 0.0528. The average Bonchev–Trinajstić information content (AvgIpc) is 3.54. The molecule has 3 heterocycles. The van der Waals surface area contributed by atoms with Crippen LogP contribution in [-0.2, 0) is 11.3 Å². The molecular weight excluding hydrogens is 433 g/mol. The van der Waals surface area contributed by atoms with E-state index in [1.165, 1.54) is 17.7 Å². The maximum absolute atomic E-state index is 13.4. The second kappa shape index (κ2) is 10.1. The van der Waals surface area contributed by atoms with Gasteiger partial charge in [-0.1, -0.05) is 12.1 Å². The Labute approximate surface area is 199 Å². The van der Waals surface area contributed by atoms with Crippen LogP contribution in [0.2, 0.25) is 0 Å². The molecule has 2 fully saturated rings. The van der Waals surface area contributed by atoms with E-state index >= 15 is 0 Å². The lowest BCUT2D eigenvalue weighted by Crippen LogP contribution is -2.48. The second-order valence-corrected chi connectivity index (χ2v) is 9.24. The van der Waals surface area contributed by atoms with Crippen molar-refractivity contribution in [1.29, 1.82) is 0 Å². The predicted octanol–water partition coefficient (Wildman–Crippen LogP) is 2.97. The molecule has 0 aliphatic carbocycles. The molecule has 180 valence electrons. The first-order valence-electron chi connectivity index (χ1n) is 12.0. The highest BCUT2D eigenvalue weighted by Gasteiger charge is 2.31. The van der Waals surface area contributed by atoms with Crippen molar-refractivity contribution in [3.63, 3.8) is 0 Å². The van der Waals surface area contributed by atoms with Gasteiger partial charge in [0.1, 0.15) is 5.82 Å². The quantitative estimate of drug-likeness (QED) is 0.532. The van der Waals surface area contributed by atoms with Crippen LogP contribution < -0.4 is 9.80 Å². The Morgan fingerprint density at radius 2 is 1.76 bits per heavy atom. The molecule has 0 radical (unpaired) electrons. The fourth-order valence-electron chi connectivity index (χ4n) is 4.89. The number of hydrogen-bond donors (Lipinski definition) is 0. The molecule has 34 heavy (non-hydrogen) atoms. The number of nitrogens with zero attached hydrogens (tertiary/aromatic N) is 7. The maximum Gasteiger partial charge on any atom is 0.173 e. The SMILES string of the molecule is CN(C)c1ccc([C@H](c2nnnn2C[C@H]2CCCO2)N2CCN(c3ccc(F)cc3)CC2)cc1. The van der Waals surface area contributed by atoms with Crippen LogP contribution in [0, 0.1) is 5.82 Å². The maximum atomic E-state index is 13.4. The highest BCUT2D eigenvalue weighted by molar-refractivity contribution is 5.48. The monoisotopic (exact) mass is 465 g/mol. The van der Waals surface area contributed by atoms with Crippen LogP contribution in [0.25, 0.3) is 0 Å². The number of benzene rings is 2. The molecular formula is C25H32FN7O. The van der Waals surface area contributed by atoms with E-state index in [0.29, 0.717) is 6.54 Å². The number of anilines is 2. The van der Waals surface area contributed by atoms with Gasteiger partial charge in [0.2, 0.25) is 0 Å². The molecule has 2 saturated heterocycles. The summed E-state index contributed by atoms with van der Waals surface area (Å²) in [6.45, 7) is 4.89. The topological polar surface area (TPSA) is 62.6 Å². The molecule has 2 atom stereocenters. The number of aromatic nitrogens is 4. The van der Waals surface area contributed by atoms with Gasteiger partial charge in [-0.15, -0.1) is 5.10 Å². The van der Waals surface area contributed by atoms with Gasteiger partial charge in [0, 0.05) is 58.3 Å². The number of halogens is 1. The van der Waals surface area contributed by atoms with E-state index in [2.05, 4.69) is 54.5 Å². The van der Waals surface area contributed by atoms with E-state index in [1.807, 2.05) is 30.9 Å². The molecule has 8 nitrogen and oxygen atoms in total. The first-order chi connectivity index (χ1) is 16.6. The average molecular weight is 466 g/mol. The van der Waals surface area contributed by atoms with Crippen molar-refractivity contribution < 1.29 is 9.13 Å². The molecule has 5 rings (SSSR count). The van der Waals surface area contributed by atoms with Crippen LogP contribution in [0.5, 0.6) is 0 Å². The van der Waals surface area contributed by atoms with Gasteiger partial charge >= 0.3 is 0 Å². The third-order valence-electron chi connectivity index (χ3n) is 6.80. The van der Waals surface area contributed by atoms with Crippen molar-refractivity contribution in [1.82, 2.24) is 25.1 Å². The van der Waals surface area contributed by atoms with Gasteiger partial charge in [-0.05, 0) is 65.2 Å². The van der Waals surface area contributed by atoms with Gasteiger partial charge in [0.25, 0.3) is 0 Å². The zero-order valence-electron chi connectivity index (χ0n) is 19.8. The van der Waals surface area contributed by atoms with Gasteiger partial charge < -0.3 is 14.5 Å². The van der Waals surface area contributed by atoms with Crippen molar-refractivity contribution in [2.75, 3.05) is 56.7 Å². The van der Waals surface area contributed by atoms with E-state index < -0.39 is 0 Å². The zero-order valence-corrected chi connectivity index (χ0v) is 19.8. The van der Waals surface area contributed by atoms with Crippen LogP contribution in [0.15, 0.2) is 48.5 Å². The normalized spacial score (nSPS) is 20.0. The van der Waals surface area contributed by atoms with Gasteiger partial charge in [0.05, 0.1) is 18.7 Å². The number of piperazine rings is 1. The summed E-state index contributed by atoms with van der Waals surface area (Å²) in [7, 11) is 4.09. The highest BCUT2D eigenvalue weighted by Crippen LogP contribution is 2.31. The van der Waals surface area contributed by atoms with Crippen molar-refractivity contribution in [3.8, 4) is 0 Å². The first-order valence-corrected chi connectivity index (χ1v) is 12.0. The molecule has 0 saturated carbocycles. The van der Waals surface area contributed by atoms with Gasteiger partial charge in [0.15, 0.2) is 5.82 Å². The smallest absolute Gasteiger partial charge is 0.173 e. The van der Waals surface area contributed by atoms with E-state index in [-0.39, 0.29) is 18.0 Å². The lowest BCUT2D eigenvalue weighted by molar-refractivity contribution is 0.0906. The van der Waals surface area contributed by atoms with Crippen molar-refractivity contribution in [2.45, 2.75) is 31.5 Å². The molecule has 2 aliphatic rings. The molecule has 0 amide bonds. The van der Waals surface area contributed by atoms with Gasteiger partial charge in [-0.3, -0.25) is 4.90 Å². The summed E-state index contributed by atoms with van der Waals surface area (Å²) in [5.74, 6) is 0.644. The Balaban J connectivity index is 1.40. The molecule has 0 bridgehead atoms. The fraction of sp³-hybridized carbons (Fsp3) is 0.480. The zero-order chi connectivity index (χ0) is 23.5. The Bertz CT molecular complexity index is 1060. The molecule has 2 aliphatic heterocycles. The van der Waals surface area contributed by atoms with Crippen LogP contribution >= 0.6 is 0 Å². The molecule has 0 spiro atoms. The van der Waals surface area contributed by atoms with E-state index in [4.69, 9.17) is 4.74 Å². The van der Waals surface area contributed by atoms with Crippen LogP contribution in [0.3, 0.4) is 0 Å². The van der Waals surface area contributed by atoms with Crippen LogP contribution in [-0.4, -0.2) is 78.1 Å². The summed E-state index contributed by atoms with van der Waals surface area (Å²) in [4.78, 5) is 6.85. The fourth-order valence-corrected chi connectivity index (χ4v) is 4.89. The third kappa shape index (κ3) is 4.90. The summed E-state index contributed by atoms with van der Waals surface area (Å²) >= 11 is 0. The van der Waals surface area contributed by atoms with Crippen LogP contribution in [0.1, 0.15) is 30.3 Å². The Morgan fingerprint density at radius 3 is 2.41 bits per heavy atom. The summed E-state index contributed by atoms with van der Waals surface area (Å²) < 4.78 is 21.1. The van der Waals surface area contributed by atoms with E-state index in [0.717, 1.165) is 62.8 Å². The van der Waals surface area contributed by atoms with Crippen molar-refractivity contribution in [3.05, 3.63) is 65.7 Å². The molecule has 1 aromatic heterocycles. The molecule has 2 aromatic carbocycles. The van der Waals surface area contributed by atoms with Crippen molar-refractivity contribution >= 4 is 11.4 Å². The van der Waals surface area contributed by atoms with E-state index in [9.17, 15) is 4.39 Å². The molecule has 0 N–H and O–H groups in total. The highest BCUT2D eigenvalue weighted by atomic mass is 19.1. The van der Waals surface area contributed by atoms with Crippen molar-refractivity contribution in [2.24, 2.45) is 0 Å². The first kappa shape index (κ1) is 22.7. The molecule has 9 heteroatoms. The summed E-state index contributed by atoms with van der Waals surface area (Å²) in [6, 6.07) is 15.3. The summed E-state index contributed by atoms with van der Waals surface area (Å²) in [5.41, 5.74) is 3.38. The lowest BCUT2D eigenvalue weighted by Gasteiger charge is -2.40. The van der Waals surface area contributed by atoms with Gasteiger partial charge in [-0.25, -0.2) is 9.07 Å². The standard InChI is InChI=1S/C25H32FN7O/c1-30(2)21-9-5-19(6-10-21)24(25-27-28-29-33(25)18-23-4-3-17-34-23)32-15-13-31(14-16-32)22-11-7-20(26)8-12-22/h5-12,23-24H,3-4,13-18H2,1-2H3/t23-,24-/m1/s1. The number of hydrogen-bond acceptors (Lipinski definition) is 7. The predicted molar refractivity (Wildman–Crippen MR) is 130 cm³/mol.